The van der Waals surface area contributed by atoms with Gasteiger partial charge in [0.25, 0.3) is 0 Å². The standard InChI is InChI=1S/C11H23N3O3/c1-8(15)7-14(5,6)13-10(17)12-11(3,4)9(2)16/h8,15H,7H2,1-6H3,(H-,12,13,17). The number of quaternary nitrogens is 1. The molecule has 0 aromatic rings. The Hall–Kier alpha value is -1.14. The minimum absolute atomic E-state index is 0.105. The number of nitrogens with one attached hydrogen (secondary N) is 1. The highest BCUT2D eigenvalue weighted by Crippen LogP contribution is 2.09. The maximum atomic E-state index is 11.6. The molecule has 0 spiro atoms. The molecule has 0 saturated carbocycles. The van der Waals surface area contributed by atoms with E-state index in [1.807, 2.05) is 0 Å². The molecule has 0 aromatic heterocycles. The Morgan fingerprint density at radius 1 is 1.53 bits per heavy atom. The van der Waals surface area contributed by atoms with Crippen molar-refractivity contribution < 1.29 is 19.6 Å². The first-order valence-corrected chi connectivity index (χ1v) is 5.53. The minimum Gasteiger partial charge on any atom is -0.843 e. The van der Waals surface area contributed by atoms with E-state index in [0.717, 1.165) is 0 Å². The third-order valence-electron chi connectivity index (χ3n) is 2.36. The molecule has 6 heteroatoms. The van der Waals surface area contributed by atoms with Crippen LogP contribution in [0.25, 0.3) is 0 Å². The number of Topliss-reactive ketones (excluding diaryl/α,β-unsaturated/α-hetero) is 1. The lowest BCUT2D eigenvalue weighted by molar-refractivity contribution is -0.929. The molecule has 0 aliphatic heterocycles. The highest BCUT2D eigenvalue weighted by atomic mass is 16.3. The molecular weight excluding hydrogens is 222 g/mol. The molecule has 0 heterocycles. The van der Waals surface area contributed by atoms with Crippen molar-refractivity contribution in [1.29, 1.82) is 0 Å². The lowest BCUT2D eigenvalue weighted by Crippen LogP contribution is -2.60. The van der Waals surface area contributed by atoms with Crippen molar-refractivity contribution in [3.05, 3.63) is 0 Å². The first-order chi connectivity index (χ1) is 7.46. The maximum Gasteiger partial charge on any atom is 0.156 e. The quantitative estimate of drug-likeness (QED) is 0.282. The zero-order valence-corrected chi connectivity index (χ0v) is 11.4. The molecule has 1 atom stereocenters. The summed E-state index contributed by atoms with van der Waals surface area (Å²) in [4.78, 5) is 15.0. The topological polar surface area (TPSA) is 84.8 Å². The number of rotatable bonds is 5. The maximum absolute atomic E-state index is 11.6. The third-order valence-corrected chi connectivity index (χ3v) is 2.36. The summed E-state index contributed by atoms with van der Waals surface area (Å²) >= 11 is 0. The number of hydrogen-bond acceptors (Lipinski definition) is 4. The Morgan fingerprint density at radius 3 is 2.35 bits per heavy atom. The Balaban J connectivity index is 4.69. The van der Waals surface area contributed by atoms with Crippen molar-refractivity contribution in [2.45, 2.75) is 39.3 Å². The van der Waals surface area contributed by atoms with Crippen molar-refractivity contribution in [2.75, 3.05) is 20.6 Å². The molecule has 1 unspecified atom stereocenters. The van der Waals surface area contributed by atoms with Crippen LogP contribution < -0.4 is 10.5 Å². The average Bonchev–Trinajstić information content (AvgIpc) is 1.96. The average molecular weight is 245 g/mol. The molecule has 6 nitrogen and oxygen atoms in total. The van der Waals surface area contributed by atoms with Gasteiger partial charge in [-0.1, -0.05) is 0 Å². The second-order valence-corrected chi connectivity index (χ2v) is 5.36. The van der Waals surface area contributed by atoms with Crippen LogP contribution in [0.4, 0.5) is 0 Å². The second kappa shape index (κ2) is 5.46. The van der Waals surface area contributed by atoms with Crippen molar-refractivity contribution in [3.63, 3.8) is 0 Å². The number of likely N-dealkylation sites (N-methyl/N-ethyl adjacent to an activating group) is 1. The minimum atomic E-state index is -1.02. The van der Waals surface area contributed by atoms with Crippen LogP contribution in [0.15, 0.2) is 4.99 Å². The summed E-state index contributed by atoms with van der Waals surface area (Å²) in [5, 5.41) is 20.9. The summed E-state index contributed by atoms with van der Waals surface area (Å²) in [5.41, 5.74) is 1.60. The molecule has 0 rings (SSSR count). The number of aliphatic imine (C=N–C) groups is 1. The molecule has 0 fully saturated rings. The van der Waals surface area contributed by atoms with Crippen LogP contribution in [0, 0.1) is 0 Å². The normalized spacial score (nSPS) is 15.6. The van der Waals surface area contributed by atoms with Crippen molar-refractivity contribution >= 4 is 11.8 Å². The molecular formula is C11H23N3O3. The molecule has 17 heavy (non-hydrogen) atoms. The van der Waals surface area contributed by atoms with Gasteiger partial charge in [-0.05, 0) is 27.7 Å². The fourth-order valence-corrected chi connectivity index (χ4v) is 1.32. The number of ketones is 1. The Morgan fingerprint density at radius 2 is 2.00 bits per heavy atom. The molecule has 0 aromatic carbocycles. The number of aliphatic hydroxyl groups is 1. The summed E-state index contributed by atoms with van der Waals surface area (Å²) in [6.45, 7) is 6.57. The van der Waals surface area contributed by atoms with E-state index in [9.17, 15) is 15.0 Å². The highest BCUT2D eigenvalue weighted by molar-refractivity contribution is 5.87. The summed E-state index contributed by atoms with van der Waals surface area (Å²) < 4.78 is 0.105. The van der Waals surface area contributed by atoms with Crippen molar-refractivity contribution in [3.8, 4) is 0 Å². The molecule has 100 valence electrons. The van der Waals surface area contributed by atoms with E-state index in [1.54, 1.807) is 34.9 Å². The predicted molar refractivity (Wildman–Crippen MR) is 64.0 cm³/mol. The smallest absolute Gasteiger partial charge is 0.156 e. The monoisotopic (exact) mass is 245 g/mol. The lowest BCUT2D eigenvalue weighted by atomic mass is 10.0. The van der Waals surface area contributed by atoms with Gasteiger partial charge in [0.15, 0.2) is 5.78 Å². The van der Waals surface area contributed by atoms with Gasteiger partial charge in [-0.25, -0.2) is 10.0 Å². The SMILES string of the molecule is CC(=O)C(C)(C)N=C([O-])N[N+](C)(C)CC(C)O. The van der Waals surface area contributed by atoms with Crippen LogP contribution in [0.5, 0.6) is 0 Å². The predicted octanol–water partition coefficient (Wildman–Crippen LogP) is -0.968. The highest BCUT2D eigenvalue weighted by Gasteiger charge is 2.23. The van der Waals surface area contributed by atoms with Gasteiger partial charge >= 0.3 is 0 Å². The molecule has 0 aliphatic carbocycles. The van der Waals surface area contributed by atoms with E-state index in [2.05, 4.69) is 10.4 Å². The van der Waals surface area contributed by atoms with Gasteiger partial charge in [0.2, 0.25) is 0 Å². The van der Waals surface area contributed by atoms with Gasteiger partial charge in [-0.3, -0.25) is 9.79 Å². The molecule has 0 radical (unpaired) electrons. The molecule has 0 bridgehead atoms. The second-order valence-electron chi connectivity index (χ2n) is 5.36. The Labute approximate surface area is 103 Å². The van der Waals surface area contributed by atoms with Crippen LogP contribution >= 0.6 is 0 Å². The van der Waals surface area contributed by atoms with Crippen LogP contribution in [0.1, 0.15) is 27.7 Å². The van der Waals surface area contributed by atoms with E-state index in [1.165, 1.54) is 6.92 Å². The molecule has 0 aliphatic rings. The third kappa shape index (κ3) is 6.23. The molecule has 2 N–H and O–H groups in total. The first-order valence-electron chi connectivity index (χ1n) is 5.53. The van der Waals surface area contributed by atoms with Gasteiger partial charge in [0, 0.05) is 0 Å². The van der Waals surface area contributed by atoms with Gasteiger partial charge in [0.1, 0.15) is 24.2 Å². The number of hydrogen-bond donors (Lipinski definition) is 2. The van der Waals surface area contributed by atoms with E-state index in [-0.39, 0.29) is 10.4 Å². The fourth-order valence-electron chi connectivity index (χ4n) is 1.32. The van der Waals surface area contributed by atoms with Crippen LogP contribution in [-0.2, 0) is 4.79 Å². The van der Waals surface area contributed by atoms with E-state index in [0.29, 0.717) is 6.54 Å². The zero-order chi connectivity index (χ0) is 13.9. The summed E-state index contributed by atoms with van der Waals surface area (Å²) in [6, 6.07) is -0.559. The number of carbonyl (C=O) groups excluding carboxylic acids is 1. The Kier molecular flexibility index (Phi) is 5.10. The number of amidine groups is 1. The van der Waals surface area contributed by atoms with Crippen LogP contribution in [0.3, 0.4) is 0 Å². The van der Waals surface area contributed by atoms with E-state index < -0.39 is 17.7 Å². The van der Waals surface area contributed by atoms with Crippen molar-refractivity contribution in [2.24, 2.45) is 4.99 Å². The zero-order valence-electron chi connectivity index (χ0n) is 11.4. The summed E-state index contributed by atoms with van der Waals surface area (Å²) in [6.07, 6.45) is -0.536. The molecule has 0 saturated heterocycles. The van der Waals surface area contributed by atoms with Crippen LogP contribution in [-0.4, -0.2) is 53.8 Å². The number of nitrogens with zero attached hydrogens (tertiary/aromatic N) is 2. The fraction of sp³-hybridized carbons (Fsp3) is 0.818. The van der Waals surface area contributed by atoms with Gasteiger partial charge in [-0.2, -0.15) is 0 Å². The van der Waals surface area contributed by atoms with Crippen molar-refractivity contribution in [1.82, 2.24) is 5.43 Å². The first kappa shape index (κ1) is 15.9. The lowest BCUT2D eigenvalue weighted by Gasteiger charge is -2.34. The van der Waals surface area contributed by atoms with Crippen LogP contribution in [0.2, 0.25) is 0 Å². The van der Waals surface area contributed by atoms with Gasteiger partial charge in [0.05, 0.1) is 14.1 Å². The summed E-state index contributed by atoms with van der Waals surface area (Å²) in [7, 11) is 3.47. The molecule has 0 amide bonds. The van der Waals surface area contributed by atoms with Gasteiger partial charge < -0.3 is 10.2 Å². The summed E-state index contributed by atoms with van der Waals surface area (Å²) in [5.74, 6) is -0.173. The number of carbonyl (C=O) groups is 1. The largest absolute Gasteiger partial charge is 0.843 e. The number of aliphatic hydroxyl groups excluding tert-OH is 1. The van der Waals surface area contributed by atoms with Gasteiger partial charge in [-0.15, -0.1) is 0 Å². The van der Waals surface area contributed by atoms with E-state index >= 15 is 0 Å². The Bertz CT molecular complexity index is 309. The van der Waals surface area contributed by atoms with E-state index in [4.69, 9.17) is 0 Å².